The van der Waals surface area contributed by atoms with Gasteiger partial charge in [0.25, 0.3) is 0 Å². The number of hydrogen-bond donors (Lipinski definition) is 1. The summed E-state index contributed by atoms with van der Waals surface area (Å²) in [5.74, 6) is 2.17. The minimum absolute atomic E-state index is 0.0291. The molecular weight excluding hydrogens is 703 g/mol. The van der Waals surface area contributed by atoms with Gasteiger partial charge in [0.1, 0.15) is 5.82 Å². The number of halogens is 3. The van der Waals surface area contributed by atoms with Crippen LogP contribution in [-0.2, 0) is 22.2 Å². The first-order valence-corrected chi connectivity index (χ1v) is 17.3. The normalized spacial score (nSPS) is 11.4. The number of nitrogens with zero attached hydrogens (tertiary/aromatic N) is 2. The third kappa shape index (κ3) is 9.59. The monoisotopic (exact) mass is 747 g/mol. The molecule has 0 saturated carbocycles. The lowest BCUT2D eigenvalue weighted by molar-refractivity contribution is -0.137. The zero-order chi connectivity index (χ0) is 38.7. The molecule has 1 aromatic heterocycles. The van der Waals surface area contributed by atoms with Gasteiger partial charge in [0.15, 0.2) is 28.8 Å². The lowest BCUT2D eigenvalue weighted by Crippen LogP contribution is -2.12. The van der Waals surface area contributed by atoms with Crippen LogP contribution < -0.4 is 24.7 Å². The molecule has 0 bridgehead atoms. The SMILES string of the molecule is COc1ccc(-c2nc(-c3cccc(C(F)(F)F)c3)n(Cc3ccc(C(=O)CCCOCCOCCN)cc3)c2-c2ccc(OC)c(OC)c2)cc1OC. The Morgan fingerprint density at radius 1 is 0.704 bits per heavy atom. The fourth-order valence-electron chi connectivity index (χ4n) is 5.99. The number of ether oxygens (including phenoxy) is 6. The van der Waals surface area contributed by atoms with E-state index < -0.39 is 11.7 Å². The van der Waals surface area contributed by atoms with E-state index in [0.29, 0.717) is 103 Å². The predicted octanol–water partition coefficient (Wildman–Crippen LogP) is 7.94. The van der Waals surface area contributed by atoms with E-state index in [-0.39, 0.29) is 17.9 Å². The van der Waals surface area contributed by atoms with Crippen LogP contribution >= 0.6 is 0 Å². The van der Waals surface area contributed by atoms with Gasteiger partial charge in [-0.25, -0.2) is 4.98 Å². The largest absolute Gasteiger partial charge is 0.493 e. The molecule has 0 atom stereocenters. The Balaban J connectivity index is 1.58. The van der Waals surface area contributed by atoms with E-state index >= 15 is 0 Å². The summed E-state index contributed by atoms with van der Waals surface area (Å²) in [4.78, 5) is 18.0. The Morgan fingerprint density at radius 2 is 1.31 bits per heavy atom. The molecule has 0 spiro atoms. The molecule has 0 saturated heterocycles. The second kappa shape index (κ2) is 18.6. The molecule has 5 rings (SSSR count). The molecule has 13 heteroatoms. The summed E-state index contributed by atoms with van der Waals surface area (Å²) in [6.07, 6.45) is -3.71. The molecule has 4 aromatic carbocycles. The van der Waals surface area contributed by atoms with Gasteiger partial charge in [-0.15, -0.1) is 0 Å². The van der Waals surface area contributed by atoms with E-state index in [9.17, 15) is 18.0 Å². The van der Waals surface area contributed by atoms with Crippen LogP contribution in [-0.4, -0.2) is 76.7 Å². The van der Waals surface area contributed by atoms with Crippen LogP contribution in [0.4, 0.5) is 13.2 Å². The van der Waals surface area contributed by atoms with Gasteiger partial charge in [0, 0.05) is 48.4 Å². The summed E-state index contributed by atoms with van der Waals surface area (Å²) < 4.78 is 76.9. The lowest BCUT2D eigenvalue weighted by atomic mass is 10.0. The first-order valence-electron chi connectivity index (χ1n) is 17.3. The summed E-state index contributed by atoms with van der Waals surface area (Å²) in [7, 11) is 6.11. The van der Waals surface area contributed by atoms with E-state index in [1.807, 2.05) is 28.8 Å². The van der Waals surface area contributed by atoms with Crippen LogP contribution in [0.5, 0.6) is 23.0 Å². The number of carbonyl (C=O) groups excluding carboxylic acids is 1. The van der Waals surface area contributed by atoms with Gasteiger partial charge in [0.2, 0.25) is 0 Å². The molecule has 286 valence electrons. The summed E-state index contributed by atoms with van der Waals surface area (Å²) >= 11 is 0. The van der Waals surface area contributed by atoms with Gasteiger partial charge in [0.05, 0.1) is 65.2 Å². The number of Topliss-reactive ketones (excluding diaryl/α,β-unsaturated/α-hetero) is 1. The second-order valence-corrected chi connectivity index (χ2v) is 12.2. The molecule has 10 nitrogen and oxygen atoms in total. The minimum Gasteiger partial charge on any atom is -0.493 e. The molecule has 0 aliphatic carbocycles. The van der Waals surface area contributed by atoms with Gasteiger partial charge >= 0.3 is 6.18 Å². The van der Waals surface area contributed by atoms with Crippen LogP contribution in [0.15, 0.2) is 84.9 Å². The molecule has 1 heterocycles. The number of ketones is 1. The molecule has 0 fully saturated rings. The average molecular weight is 748 g/mol. The van der Waals surface area contributed by atoms with Crippen LogP contribution in [0, 0.1) is 0 Å². The third-order valence-electron chi connectivity index (χ3n) is 8.67. The van der Waals surface area contributed by atoms with Crippen molar-refractivity contribution in [1.82, 2.24) is 9.55 Å². The summed E-state index contributed by atoms with van der Waals surface area (Å²) in [6.45, 7) is 2.43. The first kappa shape index (κ1) is 39.8. The summed E-state index contributed by atoms with van der Waals surface area (Å²) in [5.41, 5.74) is 8.59. The first-order chi connectivity index (χ1) is 26.1. The van der Waals surface area contributed by atoms with E-state index in [1.165, 1.54) is 34.5 Å². The smallest absolute Gasteiger partial charge is 0.416 e. The van der Waals surface area contributed by atoms with Crippen molar-refractivity contribution in [2.45, 2.75) is 25.6 Å². The number of methoxy groups -OCH3 is 4. The summed E-state index contributed by atoms with van der Waals surface area (Å²) in [6, 6.07) is 23.0. The number of hydrogen-bond acceptors (Lipinski definition) is 9. The van der Waals surface area contributed by atoms with Crippen molar-refractivity contribution in [2.24, 2.45) is 5.73 Å². The number of nitrogens with two attached hydrogens (primary N) is 1. The molecule has 54 heavy (non-hydrogen) atoms. The minimum atomic E-state index is -4.57. The maximum absolute atomic E-state index is 14.0. The van der Waals surface area contributed by atoms with Crippen LogP contribution in [0.1, 0.15) is 34.3 Å². The highest BCUT2D eigenvalue weighted by Gasteiger charge is 2.31. The van der Waals surface area contributed by atoms with Gasteiger partial charge in [-0.3, -0.25) is 4.79 Å². The molecule has 0 aliphatic heterocycles. The highest BCUT2D eigenvalue weighted by Crippen LogP contribution is 2.43. The third-order valence-corrected chi connectivity index (χ3v) is 8.67. The number of aromatic nitrogens is 2. The molecular formula is C41H44F3N3O7. The fraction of sp³-hybridized carbons (Fsp3) is 0.317. The van der Waals surface area contributed by atoms with Crippen LogP contribution in [0.3, 0.4) is 0 Å². The quantitative estimate of drug-likeness (QED) is 0.0664. The number of rotatable bonds is 19. The number of imidazole rings is 1. The highest BCUT2D eigenvalue weighted by molar-refractivity contribution is 5.96. The van der Waals surface area contributed by atoms with E-state index in [2.05, 4.69) is 0 Å². The van der Waals surface area contributed by atoms with Gasteiger partial charge in [-0.1, -0.05) is 36.4 Å². The second-order valence-electron chi connectivity index (χ2n) is 12.2. The van der Waals surface area contributed by atoms with E-state index in [1.54, 1.807) is 42.5 Å². The maximum Gasteiger partial charge on any atom is 0.416 e. The zero-order valence-corrected chi connectivity index (χ0v) is 30.7. The van der Waals surface area contributed by atoms with Crippen molar-refractivity contribution in [3.63, 3.8) is 0 Å². The number of benzene rings is 4. The Labute approximate surface area is 312 Å². The fourth-order valence-corrected chi connectivity index (χ4v) is 5.99. The van der Waals surface area contributed by atoms with E-state index in [4.69, 9.17) is 39.1 Å². The Kier molecular flexibility index (Phi) is 13.7. The lowest BCUT2D eigenvalue weighted by Gasteiger charge is -2.16. The number of carbonyl (C=O) groups is 1. The molecule has 0 unspecified atom stereocenters. The van der Waals surface area contributed by atoms with Crippen molar-refractivity contribution in [3.05, 3.63) is 102 Å². The molecule has 0 aliphatic rings. The molecule has 2 N–H and O–H groups in total. The average Bonchev–Trinajstić information content (AvgIpc) is 3.56. The molecule has 5 aromatic rings. The van der Waals surface area contributed by atoms with Gasteiger partial charge in [-0.05, 0) is 60.5 Å². The highest BCUT2D eigenvalue weighted by atomic mass is 19.4. The zero-order valence-electron chi connectivity index (χ0n) is 30.7. The van der Waals surface area contributed by atoms with Crippen molar-refractivity contribution >= 4 is 5.78 Å². The van der Waals surface area contributed by atoms with E-state index in [0.717, 1.165) is 17.7 Å². The van der Waals surface area contributed by atoms with Crippen LogP contribution in [0.25, 0.3) is 33.9 Å². The Hall–Kier alpha value is -5.37. The maximum atomic E-state index is 14.0. The molecule has 0 radical (unpaired) electrons. The van der Waals surface area contributed by atoms with Crippen molar-refractivity contribution in [1.29, 1.82) is 0 Å². The van der Waals surface area contributed by atoms with Gasteiger partial charge < -0.3 is 38.7 Å². The standard InChI is InChI=1S/C41H44F3N3O7/c1-49-34-16-14-29(24-36(34)51-3)38-39(30-15-17-35(50-2)37(25-30)52-4)47(40(46-38)31-7-5-8-32(23-31)41(42,43)44)26-27-10-12-28(13-11-27)33(48)9-6-19-53-21-22-54-20-18-45/h5,7-8,10-17,23-25H,6,9,18-22,26,45H2,1-4H3. The topological polar surface area (TPSA) is 116 Å². The molecule has 0 amide bonds. The van der Waals surface area contributed by atoms with Crippen LogP contribution in [0.2, 0.25) is 0 Å². The van der Waals surface area contributed by atoms with Gasteiger partial charge in [-0.2, -0.15) is 13.2 Å². The Bertz CT molecular complexity index is 2010. The summed E-state index contributed by atoms with van der Waals surface area (Å²) in [5, 5.41) is 0. The Morgan fingerprint density at radius 3 is 1.93 bits per heavy atom. The van der Waals surface area contributed by atoms with Crippen molar-refractivity contribution in [2.75, 3.05) is 61.4 Å². The predicted molar refractivity (Wildman–Crippen MR) is 200 cm³/mol. The van der Waals surface area contributed by atoms with Crippen molar-refractivity contribution < 1.29 is 46.4 Å². The number of alkyl halides is 3. The van der Waals surface area contributed by atoms with Crippen molar-refractivity contribution in [3.8, 4) is 56.9 Å².